The van der Waals surface area contributed by atoms with Crippen LogP contribution in [0.2, 0.25) is 0 Å². The Balaban J connectivity index is 1.95. The summed E-state index contributed by atoms with van der Waals surface area (Å²) >= 11 is 9.52. The minimum atomic E-state index is -0.845. The van der Waals surface area contributed by atoms with Crippen molar-refractivity contribution in [3.8, 4) is 0 Å². The fourth-order valence-corrected chi connectivity index (χ4v) is 4.89. The van der Waals surface area contributed by atoms with Gasteiger partial charge in [0.1, 0.15) is 11.9 Å². The first-order chi connectivity index (χ1) is 15.4. The van der Waals surface area contributed by atoms with Crippen LogP contribution < -0.4 is 0 Å². The predicted molar refractivity (Wildman–Crippen MR) is 123 cm³/mol. The molecule has 0 spiro atoms. The normalized spacial score (nSPS) is 17.7. The SMILES string of the molecule is COC(=O)c1ccc([C@H]2c3[nH]c4c(Br)cccc4c3C[C@H](C(=O)OC)N2C(=O)CCl)cc1. The van der Waals surface area contributed by atoms with Gasteiger partial charge in [-0.2, -0.15) is 0 Å². The molecule has 0 bridgehead atoms. The molecule has 7 nitrogen and oxygen atoms in total. The van der Waals surface area contributed by atoms with Gasteiger partial charge in [0.25, 0.3) is 0 Å². The Kier molecular flexibility index (Phi) is 6.26. The molecular weight excluding hydrogens is 500 g/mol. The molecule has 1 aliphatic rings. The molecule has 0 saturated carbocycles. The monoisotopic (exact) mass is 518 g/mol. The van der Waals surface area contributed by atoms with E-state index >= 15 is 0 Å². The van der Waals surface area contributed by atoms with Crippen molar-refractivity contribution in [2.75, 3.05) is 20.1 Å². The molecule has 1 N–H and O–H groups in total. The lowest BCUT2D eigenvalue weighted by Gasteiger charge is -2.40. The largest absolute Gasteiger partial charge is 0.467 e. The van der Waals surface area contributed by atoms with E-state index in [1.165, 1.54) is 19.1 Å². The molecule has 1 aliphatic heterocycles. The molecule has 0 saturated heterocycles. The molecule has 2 heterocycles. The zero-order chi connectivity index (χ0) is 23.0. The summed E-state index contributed by atoms with van der Waals surface area (Å²) < 4.78 is 10.7. The molecule has 2 atom stereocenters. The zero-order valence-electron chi connectivity index (χ0n) is 17.4. The number of esters is 2. The maximum Gasteiger partial charge on any atom is 0.337 e. The smallest absolute Gasteiger partial charge is 0.337 e. The molecular formula is C23H20BrClN2O5. The lowest BCUT2D eigenvalue weighted by atomic mass is 9.87. The molecule has 0 aliphatic carbocycles. The number of aromatic nitrogens is 1. The molecule has 2 aromatic carbocycles. The average molecular weight is 520 g/mol. The number of amides is 1. The van der Waals surface area contributed by atoms with Crippen molar-refractivity contribution >= 4 is 56.3 Å². The first-order valence-corrected chi connectivity index (χ1v) is 11.2. The molecule has 0 radical (unpaired) electrons. The van der Waals surface area contributed by atoms with Crippen LogP contribution in [-0.2, 0) is 25.5 Å². The number of nitrogens with zero attached hydrogens (tertiary/aromatic N) is 1. The Bertz CT molecular complexity index is 1210. The summed E-state index contributed by atoms with van der Waals surface area (Å²) in [5.41, 5.74) is 3.69. The summed E-state index contributed by atoms with van der Waals surface area (Å²) in [6, 6.07) is 11.1. The van der Waals surface area contributed by atoms with E-state index in [4.69, 9.17) is 21.1 Å². The Morgan fingerprint density at radius 3 is 2.47 bits per heavy atom. The predicted octanol–water partition coefficient (Wildman–Crippen LogP) is 3.97. The molecule has 166 valence electrons. The molecule has 1 aromatic heterocycles. The molecule has 3 aromatic rings. The molecule has 4 rings (SSSR count). The van der Waals surface area contributed by atoms with Crippen LogP contribution >= 0.6 is 27.5 Å². The van der Waals surface area contributed by atoms with E-state index in [1.807, 2.05) is 18.2 Å². The van der Waals surface area contributed by atoms with Gasteiger partial charge in [0.05, 0.1) is 31.3 Å². The molecule has 1 amide bonds. The van der Waals surface area contributed by atoms with Crippen LogP contribution in [0, 0.1) is 0 Å². The number of fused-ring (bicyclic) bond motifs is 3. The summed E-state index contributed by atoms with van der Waals surface area (Å²) in [4.78, 5) is 42.5. The van der Waals surface area contributed by atoms with Gasteiger partial charge in [0.2, 0.25) is 5.91 Å². The number of para-hydroxylation sites is 1. The van der Waals surface area contributed by atoms with Crippen molar-refractivity contribution in [2.24, 2.45) is 0 Å². The molecule has 32 heavy (non-hydrogen) atoms. The van der Waals surface area contributed by atoms with Crippen molar-refractivity contribution < 1.29 is 23.9 Å². The number of H-pyrrole nitrogens is 1. The van der Waals surface area contributed by atoms with Gasteiger partial charge in [-0.1, -0.05) is 24.3 Å². The van der Waals surface area contributed by atoms with Crippen molar-refractivity contribution in [1.29, 1.82) is 0 Å². The third kappa shape index (κ3) is 3.67. The quantitative estimate of drug-likeness (QED) is 0.416. The van der Waals surface area contributed by atoms with Gasteiger partial charge in [0.15, 0.2) is 0 Å². The third-order valence-electron chi connectivity index (χ3n) is 5.73. The maximum absolute atomic E-state index is 13.0. The first kappa shape index (κ1) is 22.4. The van der Waals surface area contributed by atoms with E-state index in [0.29, 0.717) is 11.1 Å². The fraction of sp³-hybridized carbons (Fsp3) is 0.261. The molecule has 0 unspecified atom stereocenters. The van der Waals surface area contributed by atoms with Crippen molar-refractivity contribution in [3.05, 3.63) is 69.3 Å². The van der Waals surface area contributed by atoms with Gasteiger partial charge in [0, 0.05) is 22.0 Å². The van der Waals surface area contributed by atoms with Crippen LogP contribution in [0.25, 0.3) is 10.9 Å². The van der Waals surface area contributed by atoms with Gasteiger partial charge in [-0.3, -0.25) is 4.79 Å². The maximum atomic E-state index is 13.0. The van der Waals surface area contributed by atoms with Gasteiger partial charge in [-0.05, 0) is 45.3 Å². The summed E-state index contributed by atoms with van der Waals surface area (Å²) in [6.45, 7) is 0. The number of ether oxygens (including phenoxy) is 2. The fourth-order valence-electron chi connectivity index (χ4n) is 4.29. The van der Waals surface area contributed by atoms with Gasteiger partial charge in [-0.15, -0.1) is 11.6 Å². The first-order valence-electron chi connectivity index (χ1n) is 9.83. The highest BCUT2D eigenvalue weighted by Crippen LogP contribution is 2.42. The number of halogens is 2. The standard InChI is InChI=1S/C23H20BrClN2O5/c1-31-22(29)13-8-6-12(7-9-13)21-20-15(14-4-3-5-16(24)19(14)26-20)10-17(23(30)32-2)27(21)18(28)11-25/h3-9,17,21,26H,10-11H2,1-2H3/t17-,21+/m1/s1. The average Bonchev–Trinajstić information content (AvgIpc) is 3.21. The number of methoxy groups -OCH3 is 2. The zero-order valence-corrected chi connectivity index (χ0v) is 19.7. The minimum absolute atomic E-state index is 0.288. The van der Waals surface area contributed by atoms with Crippen molar-refractivity contribution in [1.82, 2.24) is 9.88 Å². The van der Waals surface area contributed by atoms with Crippen LogP contribution in [0.15, 0.2) is 46.9 Å². The molecule has 0 fully saturated rings. The summed E-state index contributed by atoms with van der Waals surface area (Å²) in [7, 11) is 2.61. The van der Waals surface area contributed by atoms with Gasteiger partial charge >= 0.3 is 11.9 Å². The van der Waals surface area contributed by atoms with Crippen LogP contribution in [-0.4, -0.2) is 53.9 Å². The van der Waals surface area contributed by atoms with E-state index in [1.54, 1.807) is 24.3 Å². The van der Waals surface area contributed by atoms with E-state index < -0.39 is 29.9 Å². The number of aromatic amines is 1. The number of hydrogen-bond acceptors (Lipinski definition) is 5. The number of benzene rings is 2. The number of rotatable bonds is 4. The van der Waals surface area contributed by atoms with E-state index in [-0.39, 0.29) is 12.3 Å². The lowest BCUT2D eigenvalue weighted by Crippen LogP contribution is -2.52. The van der Waals surface area contributed by atoms with Crippen LogP contribution in [0.5, 0.6) is 0 Å². The highest BCUT2D eigenvalue weighted by molar-refractivity contribution is 9.10. The number of nitrogens with one attached hydrogen (secondary N) is 1. The van der Waals surface area contributed by atoms with Crippen molar-refractivity contribution in [3.63, 3.8) is 0 Å². The summed E-state index contributed by atoms with van der Waals surface area (Å²) in [5.74, 6) is -1.66. The van der Waals surface area contributed by atoms with Gasteiger partial charge < -0.3 is 19.4 Å². The van der Waals surface area contributed by atoms with E-state index in [2.05, 4.69) is 20.9 Å². The third-order valence-corrected chi connectivity index (χ3v) is 6.62. The van der Waals surface area contributed by atoms with Crippen LogP contribution in [0.4, 0.5) is 0 Å². The second-order valence-electron chi connectivity index (χ2n) is 7.37. The summed E-state index contributed by atoms with van der Waals surface area (Å²) in [5, 5.41) is 0.956. The number of hydrogen-bond donors (Lipinski definition) is 1. The Morgan fingerprint density at radius 1 is 1.12 bits per heavy atom. The molecule has 9 heteroatoms. The van der Waals surface area contributed by atoms with E-state index in [0.717, 1.165) is 26.6 Å². The van der Waals surface area contributed by atoms with E-state index in [9.17, 15) is 14.4 Å². The Hall–Kier alpha value is -2.84. The van der Waals surface area contributed by atoms with Crippen molar-refractivity contribution in [2.45, 2.75) is 18.5 Å². The number of carbonyl (C=O) groups excluding carboxylic acids is 3. The Morgan fingerprint density at radius 2 is 1.84 bits per heavy atom. The van der Waals surface area contributed by atoms with Gasteiger partial charge in [-0.25, -0.2) is 9.59 Å². The summed E-state index contributed by atoms with van der Waals surface area (Å²) in [6.07, 6.45) is 0.290. The van der Waals surface area contributed by atoms with Crippen LogP contribution in [0.3, 0.4) is 0 Å². The van der Waals surface area contributed by atoms with Crippen LogP contribution in [0.1, 0.15) is 33.2 Å². The Labute approximate surface area is 197 Å². The number of carbonyl (C=O) groups is 3. The highest BCUT2D eigenvalue weighted by atomic mass is 79.9. The second kappa shape index (κ2) is 8.96. The second-order valence-corrected chi connectivity index (χ2v) is 8.50. The lowest BCUT2D eigenvalue weighted by molar-refractivity contribution is -0.154. The number of alkyl halides is 1. The topological polar surface area (TPSA) is 88.7 Å². The minimum Gasteiger partial charge on any atom is -0.467 e. The highest BCUT2D eigenvalue weighted by Gasteiger charge is 2.43.